The zero-order chi connectivity index (χ0) is 21.3. The van der Waals surface area contributed by atoms with E-state index in [2.05, 4.69) is 61.7 Å². The van der Waals surface area contributed by atoms with Crippen molar-refractivity contribution in [2.24, 2.45) is 5.92 Å². The third-order valence-corrected chi connectivity index (χ3v) is 6.36. The van der Waals surface area contributed by atoms with Crippen LogP contribution < -0.4 is 5.32 Å². The van der Waals surface area contributed by atoms with E-state index in [1.807, 2.05) is 35.4 Å². The Labute approximate surface area is 186 Å². The lowest BCUT2D eigenvalue weighted by Crippen LogP contribution is -2.26. The molecule has 1 aliphatic carbocycles. The van der Waals surface area contributed by atoms with Crippen LogP contribution in [0.25, 0.3) is 27.7 Å². The first-order valence-corrected chi connectivity index (χ1v) is 11.2. The third kappa shape index (κ3) is 3.76. The van der Waals surface area contributed by atoms with Gasteiger partial charge in [-0.25, -0.2) is 9.67 Å². The predicted octanol–water partition coefficient (Wildman–Crippen LogP) is 4.08. The molecule has 0 saturated heterocycles. The van der Waals surface area contributed by atoms with Crippen molar-refractivity contribution in [2.75, 3.05) is 6.54 Å². The molecule has 1 N–H and O–H groups in total. The topological polar surface area (TPSA) is 72.9 Å². The summed E-state index contributed by atoms with van der Waals surface area (Å²) < 4.78 is 3.93. The molecule has 160 valence electrons. The monoisotopic (exact) mass is 423 g/mol. The second-order valence-electron chi connectivity index (χ2n) is 8.67. The molecular weight excluding hydrogens is 398 g/mol. The second-order valence-corrected chi connectivity index (χ2v) is 8.67. The number of aromatic nitrogens is 6. The zero-order valence-corrected chi connectivity index (χ0v) is 17.9. The van der Waals surface area contributed by atoms with E-state index < -0.39 is 0 Å². The van der Waals surface area contributed by atoms with Gasteiger partial charge in [0.1, 0.15) is 11.3 Å². The Morgan fingerprint density at radius 3 is 2.84 bits per heavy atom. The van der Waals surface area contributed by atoms with E-state index in [1.165, 1.54) is 24.8 Å². The van der Waals surface area contributed by atoms with E-state index in [1.54, 1.807) is 0 Å². The molecule has 1 fully saturated rings. The number of nitrogens with one attached hydrogen (secondary N) is 1. The van der Waals surface area contributed by atoms with Gasteiger partial charge in [-0.05, 0) is 42.3 Å². The normalized spacial score (nSPS) is 14.2. The fourth-order valence-electron chi connectivity index (χ4n) is 4.37. The summed E-state index contributed by atoms with van der Waals surface area (Å²) in [4.78, 5) is 9.11. The number of imidazole rings is 1. The lowest BCUT2D eigenvalue weighted by molar-refractivity contribution is 0.301. The van der Waals surface area contributed by atoms with Crippen molar-refractivity contribution >= 4 is 16.4 Å². The molecule has 1 aliphatic rings. The van der Waals surface area contributed by atoms with E-state index in [0.29, 0.717) is 6.54 Å². The molecule has 0 bridgehead atoms. The average molecular weight is 424 g/mol. The largest absolute Gasteiger partial charge is 0.312 e. The van der Waals surface area contributed by atoms with Crippen LogP contribution in [0, 0.1) is 5.92 Å². The lowest BCUT2D eigenvalue weighted by Gasteiger charge is -2.25. The van der Waals surface area contributed by atoms with Gasteiger partial charge in [0.2, 0.25) is 0 Å². The van der Waals surface area contributed by atoms with Crippen molar-refractivity contribution in [2.45, 2.75) is 32.4 Å². The number of hydrogen-bond acceptors (Lipinski definition) is 5. The van der Waals surface area contributed by atoms with Crippen LogP contribution in [-0.4, -0.2) is 35.9 Å². The first-order valence-electron chi connectivity index (χ1n) is 11.2. The Morgan fingerprint density at radius 2 is 1.94 bits per heavy atom. The summed E-state index contributed by atoms with van der Waals surface area (Å²) in [6.07, 6.45) is 14.1. The van der Waals surface area contributed by atoms with Crippen molar-refractivity contribution < 1.29 is 0 Å². The maximum Gasteiger partial charge on any atom is 0.137 e. The zero-order valence-electron chi connectivity index (χ0n) is 17.9. The van der Waals surface area contributed by atoms with Crippen LogP contribution in [0.1, 0.15) is 30.5 Å². The van der Waals surface area contributed by atoms with Crippen LogP contribution in [0.3, 0.4) is 0 Å². The summed E-state index contributed by atoms with van der Waals surface area (Å²) >= 11 is 0. The summed E-state index contributed by atoms with van der Waals surface area (Å²) in [6, 6.07) is 12.4. The SMILES string of the molecule is c1ccc2c(-c3cn(Cc4cn5cc(CNCC6CCC6)ccc5n4)nn3)cncc2c1. The highest BCUT2D eigenvalue weighted by molar-refractivity contribution is 5.94. The van der Waals surface area contributed by atoms with Crippen LogP contribution in [0.2, 0.25) is 0 Å². The Morgan fingerprint density at radius 1 is 1.00 bits per heavy atom. The molecule has 0 aliphatic heterocycles. The van der Waals surface area contributed by atoms with Gasteiger partial charge in [0.15, 0.2) is 0 Å². The molecule has 1 saturated carbocycles. The van der Waals surface area contributed by atoms with Crippen LogP contribution in [-0.2, 0) is 13.1 Å². The molecule has 0 amide bonds. The quantitative estimate of drug-likeness (QED) is 0.427. The standard InChI is InChI=1S/C25H25N7/c1-2-7-22-20(6-1)12-27-13-23(22)24-17-32(30-29-24)16-21-15-31-14-19(8-9-25(31)28-21)11-26-10-18-4-3-5-18/h1-2,6-9,12-15,17-18,26H,3-5,10-11,16H2. The minimum atomic E-state index is 0.572. The van der Waals surface area contributed by atoms with Gasteiger partial charge in [0.05, 0.1) is 18.4 Å². The van der Waals surface area contributed by atoms with Crippen LogP contribution >= 0.6 is 0 Å². The van der Waals surface area contributed by atoms with Gasteiger partial charge in [0, 0.05) is 42.3 Å². The third-order valence-electron chi connectivity index (χ3n) is 6.36. The van der Waals surface area contributed by atoms with E-state index >= 15 is 0 Å². The van der Waals surface area contributed by atoms with Gasteiger partial charge in [-0.15, -0.1) is 5.10 Å². The summed E-state index contributed by atoms with van der Waals surface area (Å²) in [7, 11) is 0. The van der Waals surface area contributed by atoms with Crippen molar-refractivity contribution in [1.29, 1.82) is 0 Å². The van der Waals surface area contributed by atoms with Gasteiger partial charge in [-0.1, -0.05) is 42.0 Å². The van der Waals surface area contributed by atoms with Gasteiger partial charge in [0.25, 0.3) is 0 Å². The molecule has 5 aromatic rings. The Bertz CT molecular complexity index is 1370. The number of fused-ring (bicyclic) bond motifs is 2. The van der Waals surface area contributed by atoms with Crippen molar-refractivity contribution in [3.05, 3.63) is 78.6 Å². The molecule has 4 aromatic heterocycles. The molecule has 4 heterocycles. The summed E-state index contributed by atoms with van der Waals surface area (Å²) in [6.45, 7) is 2.58. The van der Waals surface area contributed by atoms with Crippen molar-refractivity contribution in [3.8, 4) is 11.3 Å². The summed E-state index contributed by atoms with van der Waals surface area (Å²) in [5.41, 5.74) is 4.98. The van der Waals surface area contributed by atoms with E-state index in [9.17, 15) is 0 Å². The first-order chi connectivity index (χ1) is 15.8. The van der Waals surface area contributed by atoms with Crippen LogP contribution in [0.5, 0.6) is 0 Å². The van der Waals surface area contributed by atoms with E-state index in [4.69, 9.17) is 4.98 Å². The van der Waals surface area contributed by atoms with E-state index in [0.717, 1.165) is 52.4 Å². The van der Waals surface area contributed by atoms with E-state index in [-0.39, 0.29) is 0 Å². The molecular formula is C25H25N7. The highest BCUT2D eigenvalue weighted by Gasteiger charge is 2.16. The lowest BCUT2D eigenvalue weighted by atomic mass is 9.85. The van der Waals surface area contributed by atoms with Gasteiger partial charge in [-0.2, -0.15) is 0 Å². The predicted molar refractivity (Wildman–Crippen MR) is 124 cm³/mol. The smallest absolute Gasteiger partial charge is 0.137 e. The maximum absolute atomic E-state index is 4.75. The van der Waals surface area contributed by atoms with Gasteiger partial charge >= 0.3 is 0 Å². The fourth-order valence-corrected chi connectivity index (χ4v) is 4.37. The molecule has 0 radical (unpaired) electrons. The molecule has 6 rings (SSSR count). The molecule has 7 nitrogen and oxygen atoms in total. The fraction of sp³-hybridized carbons (Fsp3) is 0.280. The Balaban J connectivity index is 1.18. The summed E-state index contributed by atoms with van der Waals surface area (Å²) in [5.74, 6) is 0.871. The van der Waals surface area contributed by atoms with Crippen molar-refractivity contribution in [1.82, 2.24) is 34.7 Å². The first kappa shape index (κ1) is 19.1. The minimum Gasteiger partial charge on any atom is -0.312 e. The highest BCUT2D eigenvalue weighted by atomic mass is 15.4. The average Bonchev–Trinajstić information content (AvgIpc) is 3.41. The second kappa shape index (κ2) is 8.16. The highest BCUT2D eigenvalue weighted by Crippen LogP contribution is 2.26. The molecule has 32 heavy (non-hydrogen) atoms. The maximum atomic E-state index is 4.75. The molecule has 1 aromatic carbocycles. The number of hydrogen-bond donors (Lipinski definition) is 1. The Kier molecular flexibility index (Phi) is 4.88. The number of pyridine rings is 2. The van der Waals surface area contributed by atoms with Gasteiger partial charge in [-0.3, -0.25) is 4.98 Å². The molecule has 0 atom stereocenters. The molecule has 0 unspecified atom stereocenters. The number of nitrogens with zero attached hydrogens (tertiary/aromatic N) is 6. The van der Waals surface area contributed by atoms with Crippen LogP contribution in [0.15, 0.2) is 67.4 Å². The van der Waals surface area contributed by atoms with Crippen LogP contribution in [0.4, 0.5) is 0 Å². The summed E-state index contributed by atoms with van der Waals surface area (Å²) in [5, 5.41) is 14.5. The Hall–Kier alpha value is -3.58. The van der Waals surface area contributed by atoms with Crippen molar-refractivity contribution in [3.63, 3.8) is 0 Å². The minimum absolute atomic E-state index is 0.572. The molecule has 0 spiro atoms. The number of rotatable bonds is 7. The molecule has 7 heteroatoms. The number of benzene rings is 1. The van der Waals surface area contributed by atoms with Gasteiger partial charge < -0.3 is 9.72 Å².